The van der Waals surface area contributed by atoms with Gasteiger partial charge in [0.05, 0.1) is 17.7 Å². The Morgan fingerprint density at radius 2 is 1.50 bits per heavy atom. The molecule has 0 saturated carbocycles. The van der Waals surface area contributed by atoms with Crippen LogP contribution in [0.15, 0.2) is 72.8 Å². The summed E-state index contributed by atoms with van der Waals surface area (Å²) in [7, 11) is 0. The molecule has 3 aromatic carbocycles. The zero-order chi connectivity index (χ0) is 21.1. The minimum atomic E-state index is -0.313. The first-order valence-electron chi connectivity index (χ1n) is 9.60. The molecule has 1 heterocycles. The monoisotopic (exact) mass is 418 g/mol. The topological polar surface area (TPSA) is 66.5 Å². The highest BCUT2D eigenvalue weighted by atomic mass is 35.5. The summed E-state index contributed by atoms with van der Waals surface area (Å²) in [4.78, 5) is 38.8. The lowest BCUT2D eigenvalue weighted by Crippen LogP contribution is -2.29. The van der Waals surface area contributed by atoms with Crippen LogP contribution >= 0.6 is 11.6 Å². The Kier molecular flexibility index (Phi) is 5.63. The van der Waals surface area contributed by atoms with Crippen molar-refractivity contribution in [3.63, 3.8) is 0 Å². The quantitative estimate of drug-likeness (QED) is 0.612. The number of halogens is 1. The Morgan fingerprint density at radius 3 is 2.20 bits per heavy atom. The van der Waals surface area contributed by atoms with Crippen LogP contribution in [0.4, 0.5) is 0 Å². The van der Waals surface area contributed by atoms with Crippen molar-refractivity contribution in [2.75, 3.05) is 6.54 Å². The third-order valence-electron chi connectivity index (χ3n) is 5.00. The fourth-order valence-electron chi connectivity index (χ4n) is 3.49. The summed E-state index contributed by atoms with van der Waals surface area (Å²) in [6.45, 7) is 0.595. The van der Waals surface area contributed by atoms with Crippen LogP contribution in [0.2, 0.25) is 5.02 Å². The SMILES string of the molecule is O=C(NCCc1cccc(Cl)c1)c1cccc(CN2C(=O)c3ccccc3C2=O)c1. The number of rotatable bonds is 6. The van der Waals surface area contributed by atoms with Crippen LogP contribution in [0.3, 0.4) is 0 Å². The number of benzene rings is 3. The van der Waals surface area contributed by atoms with E-state index >= 15 is 0 Å². The van der Waals surface area contributed by atoms with E-state index in [1.165, 1.54) is 4.90 Å². The third-order valence-corrected chi connectivity index (χ3v) is 5.23. The summed E-state index contributed by atoms with van der Waals surface area (Å²) in [6.07, 6.45) is 0.668. The maximum atomic E-state index is 12.5. The van der Waals surface area contributed by atoms with E-state index in [-0.39, 0.29) is 24.3 Å². The smallest absolute Gasteiger partial charge is 0.261 e. The van der Waals surface area contributed by atoms with Crippen molar-refractivity contribution >= 4 is 29.3 Å². The first kappa shape index (κ1) is 19.9. The molecule has 0 bridgehead atoms. The predicted octanol–water partition coefficient (Wildman–Crippen LogP) is 4.11. The number of nitrogens with zero attached hydrogens (tertiary/aromatic N) is 1. The molecule has 0 saturated heterocycles. The molecule has 0 fully saturated rings. The second-order valence-corrected chi connectivity index (χ2v) is 7.51. The number of hydrogen-bond donors (Lipinski definition) is 1. The van der Waals surface area contributed by atoms with Crippen LogP contribution in [-0.4, -0.2) is 29.2 Å². The predicted molar refractivity (Wildman–Crippen MR) is 115 cm³/mol. The van der Waals surface area contributed by atoms with E-state index in [0.29, 0.717) is 40.2 Å². The highest BCUT2D eigenvalue weighted by Crippen LogP contribution is 2.24. The average Bonchev–Trinajstić information content (AvgIpc) is 2.99. The van der Waals surface area contributed by atoms with E-state index in [4.69, 9.17) is 11.6 Å². The van der Waals surface area contributed by atoms with E-state index in [1.54, 1.807) is 48.5 Å². The molecular formula is C24H19ClN2O3. The first-order valence-corrected chi connectivity index (χ1v) is 9.97. The first-order chi connectivity index (χ1) is 14.5. The number of nitrogens with one attached hydrogen (secondary N) is 1. The summed E-state index contributed by atoms with van der Waals surface area (Å²) >= 11 is 5.98. The van der Waals surface area contributed by atoms with E-state index < -0.39 is 0 Å². The summed E-state index contributed by atoms with van der Waals surface area (Å²) in [6, 6.07) is 21.3. The maximum Gasteiger partial charge on any atom is 0.261 e. The lowest BCUT2D eigenvalue weighted by atomic mass is 10.1. The molecule has 150 valence electrons. The second kappa shape index (κ2) is 8.51. The summed E-state index contributed by atoms with van der Waals surface area (Å²) in [5, 5.41) is 3.56. The molecule has 0 radical (unpaired) electrons. The van der Waals surface area contributed by atoms with Crippen molar-refractivity contribution in [2.45, 2.75) is 13.0 Å². The van der Waals surface area contributed by atoms with Gasteiger partial charge in [-0.05, 0) is 53.9 Å². The minimum absolute atomic E-state index is 0.121. The molecule has 4 rings (SSSR count). The molecule has 1 aliphatic heterocycles. The number of carbonyl (C=O) groups is 3. The van der Waals surface area contributed by atoms with Crippen LogP contribution in [0.1, 0.15) is 42.2 Å². The largest absolute Gasteiger partial charge is 0.352 e. The Labute approximate surface area is 179 Å². The van der Waals surface area contributed by atoms with Gasteiger partial charge in [-0.2, -0.15) is 0 Å². The Balaban J connectivity index is 1.40. The Morgan fingerprint density at radius 1 is 0.833 bits per heavy atom. The molecule has 3 amide bonds. The third kappa shape index (κ3) is 4.11. The van der Waals surface area contributed by atoms with Gasteiger partial charge in [0, 0.05) is 17.1 Å². The normalized spacial score (nSPS) is 12.8. The van der Waals surface area contributed by atoms with Crippen molar-refractivity contribution < 1.29 is 14.4 Å². The van der Waals surface area contributed by atoms with Crippen molar-refractivity contribution in [3.8, 4) is 0 Å². The number of carbonyl (C=O) groups excluding carboxylic acids is 3. The molecule has 6 heteroatoms. The fraction of sp³-hybridized carbons (Fsp3) is 0.125. The molecule has 0 atom stereocenters. The summed E-state index contributed by atoms with van der Waals surface area (Å²) in [5.74, 6) is -0.833. The molecule has 3 aromatic rings. The van der Waals surface area contributed by atoms with Crippen molar-refractivity contribution in [2.24, 2.45) is 0 Å². The van der Waals surface area contributed by atoms with Gasteiger partial charge in [0.15, 0.2) is 0 Å². The molecule has 0 aromatic heterocycles. The highest BCUT2D eigenvalue weighted by Gasteiger charge is 2.34. The zero-order valence-corrected chi connectivity index (χ0v) is 16.9. The van der Waals surface area contributed by atoms with Crippen LogP contribution in [0.25, 0.3) is 0 Å². The lowest BCUT2D eigenvalue weighted by Gasteiger charge is -2.14. The molecule has 0 aliphatic carbocycles. The van der Waals surface area contributed by atoms with Gasteiger partial charge in [0.2, 0.25) is 0 Å². The van der Waals surface area contributed by atoms with Crippen LogP contribution < -0.4 is 5.32 Å². The minimum Gasteiger partial charge on any atom is -0.352 e. The van der Waals surface area contributed by atoms with Crippen LogP contribution in [-0.2, 0) is 13.0 Å². The van der Waals surface area contributed by atoms with Gasteiger partial charge < -0.3 is 5.32 Å². The van der Waals surface area contributed by atoms with E-state index in [1.807, 2.05) is 24.3 Å². The van der Waals surface area contributed by atoms with Crippen molar-refractivity contribution in [3.05, 3.63) is 106 Å². The van der Waals surface area contributed by atoms with Gasteiger partial charge in [-0.15, -0.1) is 0 Å². The molecule has 0 unspecified atom stereocenters. The molecular weight excluding hydrogens is 400 g/mol. The van der Waals surface area contributed by atoms with Crippen LogP contribution in [0.5, 0.6) is 0 Å². The summed E-state index contributed by atoms with van der Waals surface area (Å²) < 4.78 is 0. The van der Waals surface area contributed by atoms with Gasteiger partial charge in [-0.3, -0.25) is 19.3 Å². The van der Waals surface area contributed by atoms with Gasteiger partial charge >= 0.3 is 0 Å². The summed E-state index contributed by atoms with van der Waals surface area (Å²) in [5.41, 5.74) is 3.07. The van der Waals surface area contributed by atoms with Gasteiger partial charge in [-0.25, -0.2) is 0 Å². The van der Waals surface area contributed by atoms with E-state index in [2.05, 4.69) is 5.32 Å². The van der Waals surface area contributed by atoms with E-state index in [9.17, 15) is 14.4 Å². The molecule has 1 aliphatic rings. The van der Waals surface area contributed by atoms with Gasteiger partial charge in [0.1, 0.15) is 0 Å². The number of fused-ring (bicyclic) bond motifs is 1. The van der Waals surface area contributed by atoms with Crippen molar-refractivity contribution in [1.29, 1.82) is 0 Å². The number of hydrogen-bond acceptors (Lipinski definition) is 3. The number of imide groups is 1. The molecule has 30 heavy (non-hydrogen) atoms. The molecule has 5 nitrogen and oxygen atoms in total. The highest BCUT2D eigenvalue weighted by molar-refractivity contribution is 6.30. The Bertz CT molecular complexity index is 1110. The van der Waals surface area contributed by atoms with Gasteiger partial charge in [-0.1, -0.05) is 48.0 Å². The Hall–Kier alpha value is -3.44. The molecule has 1 N–H and O–H groups in total. The van der Waals surface area contributed by atoms with Crippen LogP contribution in [0, 0.1) is 0 Å². The number of amides is 3. The lowest BCUT2D eigenvalue weighted by molar-refractivity contribution is 0.0642. The average molecular weight is 419 g/mol. The van der Waals surface area contributed by atoms with E-state index in [0.717, 1.165) is 5.56 Å². The maximum absolute atomic E-state index is 12.5. The fourth-order valence-corrected chi connectivity index (χ4v) is 3.70. The standard InChI is InChI=1S/C24H19ClN2O3/c25-19-8-4-5-16(14-19)11-12-26-22(28)18-7-3-6-17(13-18)15-27-23(29)20-9-1-2-10-21(20)24(27)30/h1-10,13-14H,11-12,15H2,(H,26,28). The van der Waals surface area contributed by atoms with Crippen molar-refractivity contribution in [1.82, 2.24) is 10.2 Å². The zero-order valence-electron chi connectivity index (χ0n) is 16.1. The molecule has 0 spiro atoms. The second-order valence-electron chi connectivity index (χ2n) is 7.08. The van der Waals surface area contributed by atoms with Gasteiger partial charge in [0.25, 0.3) is 17.7 Å².